The summed E-state index contributed by atoms with van der Waals surface area (Å²) in [6.45, 7) is 8.24. The van der Waals surface area contributed by atoms with E-state index in [1.165, 1.54) is 12.8 Å². The first-order valence-corrected chi connectivity index (χ1v) is 7.33. The Balaban J connectivity index is 1.60. The fourth-order valence-electron chi connectivity index (χ4n) is 2.41. The summed E-state index contributed by atoms with van der Waals surface area (Å²) in [5.74, 6) is 0. The molecule has 1 unspecified atom stereocenters. The highest BCUT2D eigenvalue weighted by molar-refractivity contribution is 5.02. The molecule has 0 spiro atoms. The van der Waals surface area contributed by atoms with Crippen LogP contribution in [0.1, 0.15) is 25.5 Å². The molecule has 0 bridgehead atoms. The van der Waals surface area contributed by atoms with Crippen LogP contribution < -0.4 is 5.32 Å². The van der Waals surface area contributed by atoms with Crippen LogP contribution in [0.15, 0.2) is 24.4 Å². The lowest BCUT2D eigenvalue weighted by atomic mass is 10.2. The first-order valence-electron chi connectivity index (χ1n) is 7.33. The summed E-state index contributed by atoms with van der Waals surface area (Å²) in [5, 5.41) is 3.45. The third kappa shape index (κ3) is 5.27. The van der Waals surface area contributed by atoms with Gasteiger partial charge in [0, 0.05) is 39.0 Å². The number of aromatic nitrogens is 1. The summed E-state index contributed by atoms with van der Waals surface area (Å²) >= 11 is 0. The van der Waals surface area contributed by atoms with Gasteiger partial charge in [0.1, 0.15) is 0 Å². The second-order valence-electron chi connectivity index (χ2n) is 5.03. The fraction of sp³-hybridized carbons (Fsp3) is 0.667. The van der Waals surface area contributed by atoms with Gasteiger partial charge in [0.2, 0.25) is 0 Å². The molecule has 1 aliphatic heterocycles. The third-order valence-corrected chi connectivity index (χ3v) is 3.57. The molecule has 19 heavy (non-hydrogen) atoms. The number of nitrogens with zero attached hydrogens (tertiary/aromatic N) is 2. The highest BCUT2D eigenvalue weighted by Gasteiger charge is 2.17. The predicted octanol–water partition coefficient (Wildman–Crippen LogP) is 1.67. The maximum absolute atomic E-state index is 5.69. The van der Waals surface area contributed by atoms with Gasteiger partial charge in [0.05, 0.1) is 11.8 Å². The summed E-state index contributed by atoms with van der Waals surface area (Å²) in [4.78, 5) is 6.76. The minimum atomic E-state index is 0.454. The monoisotopic (exact) mass is 263 g/mol. The highest BCUT2D eigenvalue weighted by atomic mass is 16.5. The van der Waals surface area contributed by atoms with Gasteiger partial charge in [-0.05, 0) is 31.5 Å². The topological polar surface area (TPSA) is 37.4 Å². The van der Waals surface area contributed by atoms with E-state index >= 15 is 0 Å². The standard InChI is InChI=1S/C15H25N3O/c1-2-18(13-15-7-5-11-19-15)10-9-16-12-14-6-3-4-8-17-14/h3-4,6,8,15-16H,2,5,7,9-13H2,1H3. The van der Waals surface area contributed by atoms with Crippen molar-refractivity contribution in [2.45, 2.75) is 32.4 Å². The van der Waals surface area contributed by atoms with Crippen LogP contribution in [-0.2, 0) is 11.3 Å². The van der Waals surface area contributed by atoms with Crippen LogP contribution in [0.2, 0.25) is 0 Å². The zero-order chi connectivity index (χ0) is 13.3. The van der Waals surface area contributed by atoms with Crippen molar-refractivity contribution in [1.82, 2.24) is 15.2 Å². The van der Waals surface area contributed by atoms with E-state index in [-0.39, 0.29) is 0 Å². The van der Waals surface area contributed by atoms with Crippen molar-refractivity contribution in [1.29, 1.82) is 0 Å². The molecule has 0 amide bonds. The Labute approximate surface area is 116 Å². The van der Waals surface area contributed by atoms with Gasteiger partial charge < -0.3 is 10.1 Å². The minimum Gasteiger partial charge on any atom is -0.377 e. The van der Waals surface area contributed by atoms with Gasteiger partial charge in [-0.15, -0.1) is 0 Å². The van der Waals surface area contributed by atoms with Crippen LogP contribution >= 0.6 is 0 Å². The van der Waals surface area contributed by atoms with E-state index in [0.29, 0.717) is 6.10 Å². The first-order chi connectivity index (χ1) is 9.38. The smallest absolute Gasteiger partial charge is 0.0702 e. The third-order valence-electron chi connectivity index (χ3n) is 3.57. The summed E-state index contributed by atoms with van der Waals surface area (Å²) in [5.41, 5.74) is 1.10. The molecular formula is C15H25N3O. The van der Waals surface area contributed by atoms with Crippen LogP contribution in [0.4, 0.5) is 0 Å². The molecule has 0 radical (unpaired) electrons. The second kappa shape index (κ2) is 8.25. The average molecular weight is 263 g/mol. The molecule has 0 aromatic carbocycles. The minimum absolute atomic E-state index is 0.454. The molecule has 1 aliphatic rings. The number of rotatable bonds is 8. The van der Waals surface area contributed by atoms with Crippen molar-refractivity contribution in [2.24, 2.45) is 0 Å². The number of pyridine rings is 1. The van der Waals surface area contributed by atoms with Gasteiger partial charge in [-0.1, -0.05) is 13.0 Å². The number of ether oxygens (including phenoxy) is 1. The molecule has 0 aliphatic carbocycles. The lowest BCUT2D eigenvalue weighted by molar-refractivity contribution is 0.0751. The van der Waals surface area contributed by atoms with Crippen molar-refractivity contribution < 1.29 is 4.74 Å². The predicted molar refractivity (Wildman–Crippen MR) is 77.0 cm³/mol. The van der Waals surface area contributed by atoms with Gasteiger partial charge in [-0.25, -0.2) is 0 Å². The van der Waals surface area contributed by atoms with Gasteiger partial charge in [0.25, 0.3) is 0 Å². The molecule has 0 saturated carbocycles. The summed E-state index contributed by atoms with van der Waals surface area (Å²) in [6.07, 6.45) is 4.74. The summed E-state index contributed by atoms with van der Waals surface area (Å²) < 4.78 is 5.69. The summed E-state index contributed by atoms with van der Waals surface area (Å²) in [7, 11) is 0. The van der Waals surface area contributed by atoms with Crippen LogP contribution in [0.3, 0.4) is 0 Å². The number of nitrogens with one attached hydrogen (secondary N) is 1. The SMILES string of the molecule is CCN(CCNCc1ccccn1)CC1CCCO1. The molecule has 4 heteroatoms. The van der Waals surface area contributed by atoms with E-state index in [4.69, 9.17) is 4.74 Å². The molecule has 1 N–H and O–H groups in total. The van der Waals surface area contributed by atoms with E-state index < -0.39 is 0 Å². The quantitative estimate of drug-likeness (QED) is 0.724. The van der Waals surface area contributed by atoms with Crippen molar-refractivity contribution in [2.75, 3.05) is 32.8 Å². The second-order valence-corrected chi connectivity index (χ2v) is 5.03. The maximum atomic E-state index is 5.69. The first kappa shape index (κ1) is 14.4. The van der Waals surface area contributed by atoms with Gasteiger partial charge >= 0.3 is 0 Å². The largest absolute Gasteiger partial charge is 0.377 e. The lowest BCUT2D eigenvalue weighted by Gasteiger charge is -2.23. The molecule has 1 aromatic rings. The van der Waals surface area contributed by atoms with E-state index in [9.17, 15) is 0 Å². The van der Waals surface area contributed by atoms with Crippen LogP contribution in [0.25, 0.3) is 0 Å². The molecule has 1 saturated heterocycles. The zero-order valence-electron chi connectivity index (χ0n) is 11.8. The molecule has 106 valence electrons. The van der Waals surface area contributed by atoms with Crippen LogP contribution in [0.5, 0.6) is 0 Å². The molecule has 2 heterocycles. The molecule has 1 atom stereocenters. The number of hydrogen-bond donors (Lipinski definition) is 1. The Kier molecular flexibility index (Phi) is 6.27. The highest BCUT2D eigenvalue weighted by Crippen LogP contribution is 2.12. The Hall–Kier alpha value is -0.970. The maximum Gasteiger partial charge on any atom is 0.0702 e. The van der Waals surface area contributed by atoms with Crippen molar-refractivity contribution in [3.63, 3.8) is 0 Å². The normalized spacial score (nSPS) is 19.2. The molecular weight excluding hydrogens is 238 g/mol. The van der Waals surface area contributed by atoms with Crippen molar-refractivity contribution in [3.05, 3.63) is 30.1 Å². The van der Waals surface area contributed by atoms with Gasteiger partial charge in [-0.3, -0.25) is 9.88 Å². The van der Waals surface area contributed by atoms with E-state index in [2.05, 4.69) is 28.2 Å². The van der Waals surface area contributed by atoms with Crippen LogP contribution in [-0.4, -0.2) is 48.8 Å². The Bertz CT molecular complexity index is 339. The Morgan fingerprint density at radius 2 is 2.42 bits per heavy atom. The lowest BCUT2D eigenvalue weighted by Crippen LogP contribution is -2.37. The molecule has 1 fully saturated rings. The molecule has 2 rings (SSSR count). The average Bonchev–Trinajstić information content (AvgIpc) is 2.96. The Morgan fingerprint density at radius 1 is 1.47 bits per heavy atom. The van der Waals surface area contributed by atoms with Crippen molar-refractivity contribution >= 4 is 0 Å². The zero-order valence-corrected chi connectivity index (χ0v) is 11.8. The molecule has 1 aromatic heterocycles. The van der Waals surface area contributed by atoms with E-state index in [1.807, 2.05) is 18.3 Å². The van der Waals surface area contributed by atoms with E-state index in [0.717, 1.165) is 45.0 Å². The van der Waals surface area contributed by atoms with E-state index in [1.54, 1.807) is 0 Å². The fourth-order valence-corrected chi connectivity index (χ4v) is 2.41. The van der Waals surface area contributed by atoms with Gasteiger partial charge in [0.15, 0.2) is 0 Å². The number of likely N-dealkylation sites (N-methyl/N-ethyl adjacent to an activating group) is 1. The Morgan fingerprint density at radius 3 is 3.11 bits per heavy atom. The number of hydrogen-bond acceptors (Lipinski definition) is 4. The van der Waals surface area contributed by atoms with Gasteiger partial charge in [-0.2, -0.15) is 0 Å². The summed E-state index contributed by atoms with van der Waals surface area (Å²) in [6, 6.07) is 6.03. The van der Waals surface area contributed by atoms with Crippen molar-refractivity contribution in [3.8, 4) is 0 Å². The molecule has 4 nitrogen and oxygen atoms in total. The van der Waals surface area contributed by atoms with Crippen LogP contribution in [0, 0.1) is 0 Å².